The Hall–Kier alpha value is -1.59. The van der Waals surface area contributed by atoms with Crippen LogP contribution in [0.2, 0.25) is 5.02 Å². The fraction of sp³-hybridized carbons (Fsp3) is 0.308. The van der Waals surface area contributed by atoms with Gasteiger partial charge in [0.15, 0.2) is 11.4 Å². The van der Waals surface area contributed by atoms with E-state index in [0.29, 0.717) is 22.1 Å². The Balaban J connectivity index is 0.00000147. The van der Waals surface area contributed by atoms with Crippen LogP contribution < -0.4 is 5.32 Å². The molecule has 1 N–H and O–H groups in total. The second kappa shape index (κ2) is 5.42. The Kier molecular flexibility index (Phi) is 4.01. The summed E-state index contributed by atoms with van der Waals surface area (Å²) in [5.74, 6) is 0.679. The molecule has 3 heterocycles. The third-order valence-corrected chi connectivity index (χ3v) is 3.65. The number of pyridine rings is 1. The summed E-state index contributed by atoms with van der Waals surface area (Å²) >= 11 is 6.25. The van der Waals surface area contributed by atoms with E-state index >= 15 is 0 Å². The van der Waals surface area contributed by atoms with Crippen LogP contribution in [-0.2, 0) is 0 Å². The molecular formula is C13H14Cl2N4O. The maximum absolute atomic E-state index is 6.25. The van der Waals surface area contributed by atoms with Gasteiger partial charge >= 0.3 is 0 Å². The number of hydrogen-bond acceptors (Lipinski definition) is 5. The SMILES string of the molecule is CCNc1ncnc2c1oc1nc(C)c(Cl)c(C)c12.Cl. The van der Waals surface area contributed by atoms with Gasteiger partial charge < -0.3 is 9.73 Å². The molecule has 20 heavy (non-hydrogen) atoms. The van der Waals surface area contributed by atoms with Gasteiger partial charge in [-0.2, -0.15) is 0 Å². The fourth-order valence-corrected chi connectivity index (χ4v) is 2.33. The third-order valence-electron chi connectivity index (χ3n) is 3.09. The van der Waals surface area contributed by atoms with Gasteiger partial charge in [0.25, 0.3) is 0 Å². The number of hydrogen-bond donors (Lipinski definition) is 1. The van der Waals surface area contributed by atoms with Gasteiger partial charge in [-0.15, -0.1) is 12.4 Å². The third kappa shape index (κ3) is 2.07. The highest BCUT2D eigenvalue weighted by Gasteiger charge is 2.18. The van der Waals surface area contributed by atoms with Crippen molar-refractivity contribution in [1.82, 2.24) is 15.0 Å². The van der Waals surface area contributed by atoms with Gasteiger partial charge in [0, 0.05) is 6.54 Å². The zero-order chi connectivity index (χ0) is 13.6. The quantitative estimate of drug-likeness (QED) is 0.777. The summed E-state index contributed by atoms with van der Waals surface area (Å²) in [6.07, 6.45) is 1.52. The first kappa shape index (κ1) is 14.8. The lowest BCUT2D eigenvalue weighted by Gasteiger charge is -2.02. The van der Waals surface area contributed by atoms with E-state index in [1.807, 2.05) is 20.8 Å². The van der Waals surface area contributed by atoms with Gasteiger partial charge in [-0.25, -0.2) is 15.0 Å². The van der Waals surface area contributed by atoms with E-state index in [1.165, 1.54) is 6.33 Å². The van der Waals surface area contributed by atoms with Crippen molar-refractivity contribution < 1.29 is 4.42 Å². The molecule has 7 heteroatoms. The summed E-state index contributed by atoms with van der Waals surface area (Å²) in [5.41, 5.74) is 3.60. The van der Waals surface area contributed by atoms with Crippen molar-refractivity contribution in [2.75, 3.05) is 11.9 Å². The van der Waals surface area contributed by atoms with Gasteiger partial charge in [0.1, 0.15) is 11.8 Å². The number of nitrogens with one attached hydrogen (secondary N) is 1. The minimum Gasteiger partial charge on any atom is -0.432 e. The molecule has 0 aliphatic rings. The van der Waals surface area contributed by atoms with Crippen molar-refractivity contribution in [3.8, 4) is 0 Å². The van der Waals surface area contributed by atoms with Crippen LogP contribution in [0.3, 0.4) is 0 Å². The van der Waals surface area contributed by atoms with Gasteiger partial charge in [-0.1, -0.05) is 11.6 Å². The molecule has 0 atom stereocenters. The monoisotopic (exact) mass is 312 g/mol. The van der Waals surface area contributed by atoms with E-state index in [0.717, 1.165) is 28.7 Å². The van der Waals surface area contributed by atoms with Gasteiger partial charge in [0.05, 0.1) is 16.1 Å². The molecule has 0 aliphatic carbocycles. The molecule has 0 fully saturated rings. The first-order chi connectivity index (χ1) is 9.13. The number of aromatic nitrogens is 3. The number of halogens is 2. The van der Waals surface area contributed by atoms with Crippen LogP contribution in [-0.4, -0.2) is 21.5 Å². The van der Waals surface area contributed by atoms with Crippen LogP contribution in [0, 0.1) is 13.8 Å². The van der Waals surface area contributed by atoms with Crippen molar-refractivity contribution in [1.29, 1.82) is 0 Å². The number of rotatable bonds is 2. The zero-order valence-electron chi connectivity index (χ0n) is 11.3. The topological polar surface area (TPSA) is 63.8 Å². The largest absolute Gasteiger partial charge is 0.432 e. The maximum Gasteiger partial charge on any atom is 0.229 e. The number of fused-ring (bicyclic) bond motifs is 3. The van der Waals surface area contributed by atoms with Crippen molar-refractivity contribution in [2.24, 2.45) is 0 Å². The Labute approximate surface area is 127 Å². The van der Waals surface area contributed by atoms with Gasteiger partial charge in [-0.05, 0) is 26.3 Å². The van der Waals surface area contributed by atoms with Crippen molar-refractivity contribution >= 4 is 52.0 Å². The second-order valence-corrected chi connectivity index (χ2v) is 4.73. The molecular weight excluding hydrogens is 299 g/mol. The lowest BCUT2D eigenvalue weighted by atomic mass is 10.1. The minimum absolute atomic E-state index is 0. The lowest BCUT2D eigenvalue weighted by Crippen LogP contribution is -1.99. The highest BCUT2D eigenvalue weighted by Crippen LogP contribution is 2.35. The van der Waals surface area contributed by atoms with E-state index in [1.54, 1.807) is 0 Å². The minimum atomic E-state index is 0. The summed E-state index contributed by atoms with van der Waals surface area (Å²) in [6.45, 7) is 6.57. The standard InChI is InChI=1S/C13H13ClN4O.ClH/c1-4-15-12-11-10(16-5-17-12)8-6(2)9(14)7(3)18-13(8)19-11;/h5H,4H2,1-3H3,(H,15,16,17);1H. The molecule has 0 spiro atoms. The van der Waals surface area contributed by atoms with Gasteiger partial charge in [-0.3, -0.25) is 0 Å². The molecule has 0 bridgehead atoms. The van der Waals surface area contributed by atoms with Crippen molar-refractivity contribution in [2.45, 2.75) is 20.8 Å². The van der Waals surface area contributed by atoms with Gasteiger partial charge in [0.2, 0.25) is 5.71 Å². The maximum atomic E-state index is 6.25. The van der Waals surface area contributed by atoms with Crippen LogP contribution in [0.1, 0.15) is 18.2 Å². The molecule has 0 aliphatic heterocycles. The Morgan fingerprint density at radius 3 is 2.75 bits per heavy atom. The van der Waals surface area contributed by atoms with E-state index in [-0.39, 0.29) is 12.4 Å². The highest BCUT2D eigenvalue weighted by molar-refractivity contribution is 6.33. The summed E-state index contributed by atoms with van der Waals surface area (Å²) < 4.78 is 5.80. The molecule has 0 aromatic carbocycles. The average molecular weight is 313 g/mol. The van der Waals surface area contributed by atoms with Crippen molar-refractivity contribution in [3.05, 3.63) is 22.6 Å². The predicted molar refractivity (Wildman–Crippen MR) is 83.0 cm³/mol. The average Bonchev–Trinajstić information content (AvgIpc) is 2.76. The molecule has 0 unspecified atom stereocenters. The molecule has 0 amide bonds. The predicted octanol–water partition coefficient (Wildman–Crippen LogP) is 3.89. The number of furan rings is 1. The molecule has 0 saturated heterocycles. The Morgan fingerprint density at radius 1 is 1.30 bits per heavy atom. The molecule has 3 rings (SSSR count). The summed E-state index contributed by atoms with van der Waals surface area (Å²) in [5, 5.41) is 4.66. The van der Waals surface area contributed by atoms with E-state index < -0.39 is 0 Å². The fourth-order valence-electron chi connectivity index (χ4n) is 2.19. The molecule has 0 saturated carbocycles. The second-order valence-electron chi connectivity index (χ2n) is 4.35. The Bertz CT molecular complexity index is 785. The smallest absolute Gasteiger partial charge is 0.229 e. The molecule has 106 valence electrons. The molecule has 3 aromatic heterocycles. The Morgan fingerprint density at radius 2 is 2.05 bits per heavy atom. The van der Waals surface area contributed by atoms with Crippen molar-refractivity contribution in [3.63, 3.8) is 0 Å². The van der Waals surface area contributed by atoms with Crippen LogP contribution >= 0.6 is 24.0 Å². The zero-order valence-corrected chi connectivity index (χ0v) is 12.9. The number of anilines is 1. The summed E-state index contributed by atoms with van der Waals surface area (Å²) in [4.78, 5) is 12.9. The molecule has 3 aromatic rings. The number of aryl methyl sites for hydroxylation is 2. The van der Waals surface area contributed by atoms with E-state index in [9.17, 15) is 0 Å². The van der Waals surface area contributed by atoms with Crippen LogP contribution in [0.5, 0.6) is 0 Å². The normalized spacial score (nSPS) is 10.8. The molecule has 5 nitrogen and oxygen atoms in total. The lowest BCUT2D eigenvalue weighted by molar-refractivity contribution is 0.650. The first-order valence-corrected chi connectivity index (χ1v) is 6.45. The van der Waals surface area contributed by atoms with Crippen LogP contribution in [0.25, 0.3) is 22.2 Å². The summed E-state index contributed by atoms with van der Waals surface area (Å²) in [6, 6.07) is 0. The first-order valence-electron chi connectivity index (χ1n) is 6.07. The van der Waals surface area contributed by atoms with E-state index in [4.69, 9.17) is 16.0 Å². The number of nitrogens with zero attached hydrogens (tertiary/aromatic N) is 3. The van der Waals surface area contributed by atoms with Crippen LogP contribution in [0.15, 0.2) is 10.7 Å². The van der Waals surface area contributed by atoms with E-state index in [2.05, 4.69) is 20.3 Å². The summed E-state index contributed by atoms with van der Waals surface area (Å²) in [7, 11) is 0. The highest BCUT2D eigenvalue weighted by atomic mass is 35.5. The van der Waals surface area contributed by atoms with Crippen LogP contribution in [0.4, 0.5) is 5.82 Å². The molecule has 0 radical (unpaired) electrons.